The van der Waals surface area contributed by atoms with Crippen LogP contribution < -0.4 is 25.5 Å². The molecule has 2 aliphatic heterocycles. The summed E-state index contributed by atoms with van der Waals surface area (Å²) >= 11 is 2.03. The van der Waals surface area contributed by atoms with Gasteiger partial charge in [-0.25, -0.2) is 0 Å². The van der Waals surface area contributed by atoms with Crippen molar-refractivity contribution in [2.45, 2.75) is 144 Å². The van der Waals surface area contributed by atoms with Crippen LogP contribution in [0.1, 0.15) is 142 Å². The number of anilines is 6. The Morgan fingerprint density at radius 3 is 1.64 bits per heavy atom. The Morgan fingerprint density at radius 1 is 0.516 bits per heavy atom. The van der Waals surface area contributed by atoms with E-state index in [4.69, 9.17) is 0 Å². The number of thiophene rings is 1. The Bertz CT molecular complexity index is 3010. The number of benzene rings is 6. The monoisotopic (exact) mass is 859 g/mol. The minimum Gasteiger partial charge on any atom is -0.311 e. The summed E-state index contributed by atoms with van der Waals surface area (Å²) in [6.07, 6.45) is 2.40. The normalized spacial score (nSPS) is 16.4. The second-order valence-corrected chi connectivity index (χ2v) is 25.0. The molecule has 0 amide bonds. The van der Waals surface area contributed by atoms with Gasteiger partial charge in [-0.15, -0.1) is 11.3 Å². The molecule has 326 valence electrons. The van der Waals surface area contributed by atoms with Gasteiger partial charge in [0.1, 0.15) is 0 Å². The Kier molecular flexibility index (Phi) is 9.53. The second kappa shape index (κ2) is 14.2. The van der Waals surface area contributed by atoms with Crippen LogP contribution in [0.3, 0.4) is 0 Å². The number of fused-ring (bicyclic) bond motifs is 7. The summed E-state index contributed by atoms with van der Waals surface area (Å²) in [5.74, 6) is 0. The number of nitrogens with zero attached hydrogens (tertiary/aromatic N) is 2. The van der Waals surface area contributed by atoms with Gasteiger partial charge in [-0.2, -0.15) is 0 Å². The van der Waals surface area contributed by atoms with Crippen molar-refractivity contribution in [2.24, 2.45) is 0 Å². The topological polar surface area (TPSA) is 6.48 Å². The first kappa shape index (κ1) is 42.9. The Morgan fingerprint density at radius 2 is 1.05 bits per heavy atom. The highest BCUT2D eigenvalue weighted by Gasteiger charge is 2.47. The van der Waals surface area contributed by atoms with Gasteiger partial charge in [-0.3, -0.25) is 0 Å². The molecule has 64 heavy (non-hydrogen) atoms. The zero-order chi connectivity index (χ0) is 45.6. The van der Waals surface area contributed by atoms with Crippen molar-refractivity contribution in [2.75, 3.05) is 9.80 Å². The van der Waals surface area contributed by atoms with Gasteiger partial charge in [0.15, 0.2) is 0 Å². The van der Waals surface area contributed by atoms with Gasteiger partial charge >= 0.3 is 0 Å². The van der Waals surface area contributed by atoms with E-state index in [1.165, 1.54) is 123 Å². The van der Waals surface area contributed by atoms with Crippen LogP contribution in [0.5, 0.6) is 0 Å². The van der Waals surface area contributed by atoms with Gasteiger partial charge in [0, 0.05) is 43.2 Å². The minimum absolute atomic E-state index is 0.00706. The van der Waals surface area contributed by atoms with E-state index < -0.39 is 0 Å². The molecule has 0 radical (unpaired) electrons. The maximum Gasteiger partial charge on any atom is 0.264 e. The van der Waals surface area contributed by atoms with Gasteiger partial charge in [0.2, 0.25) is 0 Å². The third-order valence-corrected chi connectivity index (χ3v) is 16.3. The molecule has 2 nitrogen and oxygen atoms in total. The maximum absolute atomic E-state index is 2.66. The molecule has 0 unspecified atom stereocenters. The highest BCUT2D eigenvalue weighted by atomic mass is 32.1. The van der Waals surface area contributed by atoms with Crippen LogP contribution in [-0.2, 0) is 27.1 Å². The lowest BCUT2D eigenvalue weighted by Gasteiger charge is -2.44. The standard InChI is InChI=1S/C60H67BN2S/c1-36-16-26-47-49(30-36)63(48-27-23-41(58(9,10)11)33-43(48)38-17-19-39(20-18-38)56(3,4)5)51-32-37(2)31-50-53(51)61(47)55-54(62(50)42-24-21-40(22-25-42)57(6,7)8)44-34-45-46(35-52(44)64-55)60(14,15)29-28-59(45,12)13/h16-27,30-35H,28-29H2,1-15H3. The molecule has 0 saturated heterocycles. The number of aryl methyl sites for hydroxylation is 2. The predicted molar refractivity (Wildman–Crippen MR) is 282 cm³/mol. The summed E-state index contributed by atoms with van der Waals surface area (Å²) in [7, 11) is 0. The quantitative estimate of drug-likeness (QED) is 0.163. The van der Waals surface area contributed by atoms with Crippen molar-refractivity contribution in [3.05, 3.63) is 148 Å². The van der Waals surface area contributed by atoms with Crippen molar-refractivity contribution in [3.63, 3.8) is 0 Å². The zero-order valence-corrected chi connectivity index (χ0v) is 42.0. The van der Waals surface area contributed by atoms with Crippen LogP contribution in [0, 0.1) is 13.8 Å². The Labute approximate surface area is 388 Å². The average molecular weight is 859 g/mol. The van der Waals surface area contributed by atoms with Gasteiger partial charge < -0.3 is 9.80 Å². The van der Waals surface area contributed by atoms with Gasteiger partial charge in [0.25, 0.3) is 6.71 Å². The smallest absolute Gasteiger partial charge is 0.264 e. The van der Waals surface area contributed by atoms with E-state index in [0.717, 1.165) is 0 Å². The van der Waals surface area contributed by atoms with Crippen LogP contribution in [0.4, 0.5) is 34.1 Å². The molecule has 0 spiro atoms. The largest absolute Gasteiger partial charge is 0.311 e. The van der Waals surface area contributed by atoms with Gasteiger partial charge in [-0.1, -0.05) is 145 Å². The molecule has 3 heterocycles. The minimum atomic E-state index is -0.00706. The van der Waals surface area contributed by atoms with Crippen LogP contribution >= 0.6 is 11.3 Å². The molecule has 6 aromatic carbocycles. The van der Waals surface area contributed by atoms with E-state index in [1.807, 2.05) is 11.3 Å². The number of hydrogen-bond donors (Lipinski definition) is 0. The summed E-state index contributed by atoms with van der Waals surface area (Å²) in [6, 6.07) is 43.6. The molecule has 7 aromatic rings. The summed E-state index contributed by atoms with van der Waals surface area (Å²) in [5.41, 5.74) is 22.9. The van der Waals surface area contributed by atoms with Gasteiger partial charge in [-0.05, 0) is 164 Å². The van der Waals surface area contributed by atoms with Crippen LogP contribution in [0.2, 0.25) is 0 Å². The van der Waals surface area contributed by atoms with Gasteiger partial charge in [0.05, 0.1) is 11.4 Å². The molecule has 0 N–H and O–H groups in total. The fourth-order valence-corrected chi connectivity index (χ4v) is 12.3. The first-order valence-electron chi connectivity index (χ1n) is 23.8. The molecule has 0 bridgehead atoms. The summed E-state index contributed by atoms with van der Waals surface area (Å²) < 4.78 is 2.84. The second-order valence-electron chi connectivity index (χ2n) is 24.0. The molecule has 4 heteroatoms. The molecule has 0 saturated carbocycles. The van der Waals surface area contributed by atoms with E-state index in [-0.39, 0.29) is 33.8 Å². The molecule has 1 aliphatic carbocycles. The SMILES string of the molecule is Cc1ccc2c(c1)N(c1ccc(C(C)(C)C)cc1-c1ccc(C(C)(C)C)cc1)c1cc(C)cc3c1B2c1sc2cc4c(cc2c1N3c1ccc(C(C)(C)C)cc1)C(C)(C)CCC4(C)C. The Balaban J connectivity index is 1.29. The summed E-state index contributed by atoms with van der Waals surface area (Å²) in [4.78, 5) is 5.29. The first-order valence-corrected chi connectivity index (χ1v) is 24.6. The molecule has 3 aliphatic rings. The van der Waals surface area contributed by atoms with Crippen molar-refractivity contribution < 1.29 is 0 Å². The molecule has 1 aromatic heterocycles. The van der Waals surface area contributed by atoms with E-state index >= 15 is 0 Å². The summed E-state index contributed by atoms with van der Waals surface area (Å²) in [5, 5.41) is 1.38. The fourth-order valence-electron chi connectivity index (χ4n) is 11.0. The third kappa shape index (κ3) is 6.80. The van der Waals surface area contributed by atoms with Crippen molar-refractivity contribution in [1.29, 1.82) is 0 Å². The zero-order valence-electron chi connectivity index (χ0n) is 41.2. The molecule has 10 rings (SSSR count). The molecule has 0 atom stereocenters. The van der Waals surface area contributed by atoms with Crippen molar-refractivity contribution in [1.82, 2.24) is 0 Å². The van der Waals surface area contributed by atoms with Crippen molar-refractivity contribution in [3.8, 4) is 11.1 Å². The van der Waals surface area contributed by atoms with E-state index in [0.29, 0.717) is 0 Å². The van der Waals surface area contributed by atoms with E-state index in [2.05, 4.69) is 223 Å². The molecule has 0 fully saturated rings. The van der Waals surface area contributed by atoms with Crippen LogP contribution in [-0.4, -0.2) is 6.71 Å². The average Bonchev–Trinajstić information content (AvgIpc) is 3.59. The van der Waals surface area contributed by atoms with E-state index in [9.17, 15) is 0 Å². The Hall–Kier alpha value is -5.06. The van der Waals surface area contributed by atoms with Crippen LogP contribution in [0.25, 0.3) is 21.2 Å². The maximum atomic E-state index is 2.66. The highest BCUT2D eigenvalue weighted by molar-refractivity contribution is 7.33. The number of hydrogen-bond acceptors (Lipinski definition) is 3. The predicted octanol–water partition coefficient (Wildman–Crippen LogP) is 15.5. The lowest BCUT2D eigenvalue weighted by Crippen LogP contribution is -2.60. The summed E-state index contributed by atoms with van der Waals surface area (Å²) in [6.45, 7) is 35.4. The lowest BCUT2D eigenvalue weighted by atomic mass is 9.36. The fraction of sp³-hybridized carbons (Fsp3) is 0.367. The lowest BCUT2D eigenvalue weighted by molar-refractivity contribution is 0.332. The van der Waals surface area contributed by atoms with Crippen molar-refractivity contribution >= 4 is 78.0 Å². The van der Waals surface area contributed by atoms with E-state index in [1.54, 1.807) is 0 Å². The number of rotatable bonds is 3. The van der Waals surface area contributed by atoms with Crippen LogP contribution in [0.15, 0.2) is 109 Å². The molecular weight excluding hydrogens is 792 g/mol. The third-order valence-electron chi connectivity index (χ3n) is 15.1. The highest BCUT2D eigenvalue weighted by Crippen LogP contribution is 2.53. The first-order chi connectivity index (χ1) is 29.9. The molecular formula is C60H67BN2S.